The molecule has 1 aromatic carbocycles. The van der Waals surface area contributed by atoms with Crippen molar-refractivity contribution in [3.63, 3.8) is 0 Å². The van der Waals surface area contributed by atoms with Crippen molar-refractivity contribution in [2.75, 3.05) is 13.2 Å². The van der Waals surface area contributed by atoms with Crippen LogP contribution < -0.4 is 0 Å². The summed E-state index contributed by atoms with van der Waals surface area (Å²) in [7, 11) is 0. The fourth-order valence-electron chi connectivity index (χ4n) is 2.67. The number of esters is 2. The van der Waals surface area contributed by atoms with E-state index >= 15 is 0 Å². The highest BCUT2D eigenvalue weighted by Crippen LogP contribution is 2.31. The highest BCUT2D eigenvalue weighted by atomic mass is 79.9. The number of nitrogens with zero attached hydrogens (tertiary/aromatic N) is 1. The van der Waals surface area contributed by atoms with Crippen LogP contribution in [0.5, 0.6) is 0 Å². The monoisotopic (exact) mass is 393 g/mol. The normalized spacial score (nSPS) is 10.7. The van der Waals surface area contributed by atoms with Gasteiger partial charge in [0, 0.05) is 16.3 Å². The van der Waals surface area contributed by atoms with Crippen molar-refractivity contribution in [3.05, 3.63) is 39.5 Å². The Balaban J connectivity index is 2.58. The quantitative estimate of drug-likeness (QED) is 0.694. The zero-order chi connectivity index (χ0) is 17.7. The smallest absolute Gasteiger partial charge is 0.340 e. The molecule has 1 aromatic heterocycles. The van der Waals surface area contributed by atoms with Crippen molar-refractivity contribution < 1.29 is 19.1 Å². The molecule has 0 aliphatic rings. The number of aromatic nitrogens is 1. The van der Waals surface area contributed by atoms with Crippen molar-refractivity contribution >= 4 is 38.8 Å². The molecule has 1 heterocycles. The Hall–Kier alpha value is -1.95. The van der Waals surface area contributed by atoms with E-state index in [1.54, 1.807) is 20.8 Å². The SMILES string of the molecule is CCOC(=O)CCc1c(C(=O)OCC)c(C)nc2cccc(Br)c12. The molecule has 0 amide bonds. The van der Waals surface area contributed by atoms with E-state index in [4.69, 9.17) is 9.47 Å². The highest BCUT2D eigenvalue weighted by Gasteiger charge is 2.22. The molecule has 2 aromatic rings. The zero-order valence-electron chi connectivity index (χ0n) is 14.0. The van der Waals surface area contributed by atoms with Crippen molar-refractivity contribution in [2.24, 2.45) is 0 Å². The first kappa shape index (κ1) is 18.4. The fourth-order valence-corrected chi connectivity index (χ4v) is 3.26. The molecule has 0 spiro atoms. The first-order valence-corrected chi connectivity index (χ1v) is 8.69. The lowest BCUT2D eigenvalue weighted by molar-refractivity contribution is -0.143. The summed E-state index contributed by atoms with van der Waals surface area (Å²) in [6.07, 6.45) is 0.579. The molecule has 6 heteroatoms. The van der Waals surface area contributed by atoms with Gasteiger partial charge >= 0.3 is 11.9 Å². The van der Waals surface area contributed by atoms with Crippen LogP contribution in [-0.2, 0) is 20.7 Å². The molecular weight excluding hydrogens is 374 g/mol. The first-order valence-electron chi connectivity index (χ1n) is 7.90. The molecule has 0 radical (unpaired) electrons. The van der Waals surface area contributed by atoms with Gasteiger partial charge in [-0.25, -0.2) is 4.79 Å². The molecule has 0 saturated carbocycles. The van der Waals surface area contributed by atoms with Crippen LogP contribution >= 0.6 is 15.9 Å². The molecule has 24 heavy (non-hydrogen) atoms. The third kappa shape index (κ3) is 3.93. The first-order chi connectivity index (χ1) is 11.5. The Bertz CT molecular complexity index is 773. The number of carbonyl (C=O) groups excluding carboxylic acids is 2. The number of pyridine rings is 1. The van der Waals surface area contributed by atoms with Crippen LogP contribution in [0.4, 0.5) is 0 Å². The number of carbonyl (C=O) groups is 2. The molecule has 0 aliphatic heterocycles. The second kappa shape index (κ2) is 8.24. The molecule has 0 aliphatic carbocycles. The summed E-state index contributed by atoms with van der Waals surface area (Å²) in [5, 5.41) is 0.829. The number of fused-ring (bicyclic) bond motifs is 1. The van der Waals surface area contributed by atoms with E-state index in [1.807, 2.05) is 18.2 Å². The lowest BCUT2D eigenvalue weighted by atomic mass is 9.96. The Labute approximate surface area is 149 Å². The Morgan fingerprint density at radius 2 is 1.88 bits per heavy atom. The van der Waals surface area contributed by atoms with Gasteiger partial charge in [-0.05, 0) is 44.9 Å². The van der Waals surface area contributed by atoms with Crippen LogP contribution in [0.2, 0.25) is 0 Å². The average Bonchev–Trinajstić information content (AvgIpc) is 2.52. The minimum atomic E-state index is -0.418. The molecule has 2 rings (SSSR count). The topological polar surface area (TPSA) is 65.5 Å². The summed E-state index contributed by atoms with van der Waals surface area (Å²) in [6, 6.07) is 5.66. The molecule has 0 N–H and O–H groups in total. The summed E-state index contributed by atoms with van der Waals surface area (Å²) in [5.41, 5.74) is 2.56. The highest BCUT2D eigenvalue weighted by molar-refractivity contribution is 9.10. The van der Waals surface area contributed by atoms with Crippen LogP contribution in [0, 0.1) is 6.92 Å². The molecule has 128 valence electrons. The summed E-state index contributed by atoms with van der Waals surface area (Å²) in [4.78, 5) is 28.7. The van der Waals surface area contributed by atoms with Crippen LogP contribution in [0.15, 0.2) is 22.7 Å². The molecule has 0 bridgehead atoms. The second-order valence-corrected chi connectivity index (χ2v) is 6.06. The van der Waals surface area contributed by atoms with E-state index in [9.17, 15) is 9.59 Å². The van der Waals surface area contributed by atoms with Gasteiger partial charge < -0.3 is 9.47 Å². The lowest BCUT2D eigenvalue weighted by Crippen LogP contribution is -2.14. The van der Waals surface area contributed by atoms with Crippen molar-refractivity contribution in [2.45, 2.75) is 33.6 Å². The van der Waals surface area contributed by atoms with Gasteiger partial charge in [-0.1, -0.05) is 22.0 Å². The van der Waals surface area contributed by atoms with E-state index in [2.05, 4.69) is 20.9 Å². The summed E-state index contributed by atoms with van der Waals surface area (Å²) in [5.74, 6) is -0.707. The number of hydrogen-bond acceptors (Lipinski definition) is 5. The Morgan fingerprint density at radius 3 is 2.54 bits per heavy atom. The minimum absolute atomic E-state index is 0.195. The summed E-state index contributed by atoms with van der Waals surface area (Å²) in [6.45, 7) is 5.92. The predicted molar refractivity (Wildman–Crippen MR) is 95.1 cm³/mol. The van der Waals surface area contributed by atoms with E-state index < -0.39 is 5.97 Å². The van der Waals surface area contributed by atoms with Crippen LogP contribution in [0.25, 0.3) is 10.9 Å². The number of benzene rings is 1. The zero-order valence-corrected chi connectivity index (χ0v) is 15.6. The molecule has 0 atom stereocenters. The van der Waals surface area contributed by atoms with Crippen molar-refractivity contribution in [3.8, 4) is 0 Å². The van der Waals surface area contributed by atoms with E-state index in [1.165, 1.54) is 0 Å². The Kier molecular flexibility index (Phi) is 6.31. The maximum absolute atomic E-state index is 12.4. The van der Waals surface area contributed by atoms with Crippen LogP contribution in [0.3, 0.4) is 0 Å². The second-order valence-electron chi connectivity index (χ2n) is 5.21. The van der Waals surface area contributed by atoms with E-state index in [0.29, 0.717) is 24.3 Å². The van der Waals surface area contributed by atoms with Crippen molar-refractivity contribution in [1.29, 1.82) is 0 Å². The summed E-state index contributed by atoms with van der Waals surface area (Å²) < 4.78 is 11.0. The third-order valence-corrected chi connectivity index (χ3v) is 4.27. The van der Waals surface area contributed by atoms with Gasteiger partial charge in [0.15, 0.2) is 0 Å². The molecule has 0 saturated heterocycles. The van der Waals surface area contributed by atoms with Gasteiger partial charge in [0.2, 0.25) is 0 Å². The van der Waals surface area contributed by atoms with Gasteiger partial charge in [0.05, 0.1) is 30.0 Å². The van der Waals surface area contributed by atoms with Gasteiger partial charge in [-0.15, -0.1) is 0 Å². The number of hydrogen-bond donors (Lipinski definition) is 0. The maximum atomic E-state index is 12.4. The standard InChI is InChI=1S/C18H20BrNO4/c1-4-23-15(21)10-9-12-16(18(22)24-5-2)11(3)20-14-8-6-7-13(19)17(12)14/h6-8H,4-5,9-10H2,1-3H3. The average molecular weight is 394 g/mol. The van der Waals surface area contributed by atoms with E-state index in [-0.39, 0.29) is 19.0 Å². The number of aryl methyl sites for hydroxylation is 2. The van der Waals surface area contributed by atoms with Crippen molar-refractivity contribution in [1.82, 2.24) is 4.98 Å². The minimum Gasteiger partial charge on any atom is -0.466 e. The number of halogens is 1. The molecular formula is C18H20BrNO4. The number of ether oxygens (including phenoxy) is 2. The molecule has 0 unspecified atom stereocenters. The van der Waals surface area contributed by atoms with Gasteiger partial charge in [0.1, 0.15) is 0 Å². The van der Waals surface area contributed by atoms with Crippen LogP contribution in [-0.4, -0.2) is 30.1 Å². The Morgan fingerprint density at radius 1 is 1.17 bits per heavy atom. The van der Waals surface area contributed by atoms with Gasteiger partial charge in [-0.2, -0.15) is 0 Å². The van der Waals surface area contributed by atoms with Crippen LogP contribution in [0.1, 0.15) is 41.9 Å². The predicted octanol–water partition coefficient (Wildman–Crippen LogP) is 3.98. The van der Waals surface area contributed by atoms with E-state index in [0.717, 1.165) is 20.9 Å². The maximum Gasteiger partial charge on any atom is 0.340 e. The largest absolute Gasteiger partial charge is 0.466 e. The lowest BCUT2D eigenvalue weighted by Gasteiger charge is -2.15. The summed E-state index contributed by atoms with van der Waals surface area (Å²) >= 11 is 3.52. The number of rotatable bonds is 6. The fraction of sp³-hybridized carbons (Fsp3) is 0.389. The van der Waals surface area contributed by atoms with Gasteiger partial charge in [0.25, 0.3) is 0 Å². The van der Waals surface area contributed by atoms with Gasteiger partial charge in [-0.3, -0.25) is 9.78 Å². The third-order valence-electron chi connectivity index (χ3n) is 3.61. The molecule has 5 nitrogen and oxygen atoms in total. The molecule has 0 fully saturated rings.